The van der Waals surface area contributed by atoms with Crippen LogP contribution in [-0.2, 0) is 11.2 Å². The van der Waals surface area contributed by atoms with E-state index >= 15 is 0 Å². The van der Waals surface area contributed by atoms with Gasteiger partial charge in [-0.1, -0.05) is 18.2 Å². The van der Waals surface area contributed by atoms with Crippen molar-refractivity contribution in [2.45, 2.75) is 90.4 Å². The molecule has 0 bridgehead atoms. The lowest BCUT2D eigenvalue weighted by molar-refractivity contribution is -0.127. The highest BCUT2D eigenvalue weighted by Crippen LogP contribution is 2.20. The zero-order valence-corrected chi connectivity index (χ0v) is 19.4. The van der Waals surface area contributed by atoms with E-state index in [0.29, 0.717) is 24.9 Å². The van der Waals surface area contributed by atoms with Crippen LogP contribution in [0.25, 0.3) is 0 Å². The van der Waals surface area contributed by atoms with E-state index in [-0.39, 0.29) is 28.9 Å². The highest BCUT2D eigenvalue weighted by molar-refractivity contribution is 5.96. The Bertz CT molecular complexity index is 734. The van der Waals surface area contributed by atoms with Crippen LogP contribution in [0.4, 0.5) is 0 Å². The summed E-state index contributed by atoms with van der Waals surface area (Å²) in [4.78, 5) is 27.3. The van der Waals surface area contributed by atoms with E-state index in [1.54, 1.807) is 0 Å². The third kappa shape index (κ3) is 7.73. The van der Waals surface area contributed by atoms with Gasteiger partial charge in [0.05, 0.1) is 12.1 Å². The van der Waals surface area contributed by atoms with Crippen LogP contribution >= 0.6 is 0 Å². The summed E-state index contributed by atoms with van der Waals surface area (Å²) in [6.07, 6.45) is 2.40. The van der Waals surface area contributed by atoms with Crippen molar-refractivity contribution in [1.29, 1.82) is 0 Å². The molecular weight excluding hydrogens is 378 g/mol. The summed E-state index contributed by atoms with van der Waals surface area (Å²) in [6.45, 7) is 13.1. The van der Waals surface area contributed by atoms with Crippen molar-refractivity contribution in [2.75, 3.05) is 13.1 Å². The van der Waals surface area contributed by atoms with E-state index in [4.69, 9.17) is 0 Å². The van der Waals surface area contributed by atoms with Crippen molar-refractivity contribution >= 4 is 11.8 Å². The molecule has 30 heavy (non-hydrogen) atoms. The van der Waals surface area contributed by atoms with Gasteiger partial charge in [0.25, 0.3) is 5.91 Å². The average molecular weight is 418 g/mol. The Morgan fingerprint density at radius 1 is 1.10 bits per heavy atom. The molecule has 1 aromatic carbocycles. The summed E-state index contributed by atoms with van der Waals surface area (Å²) in [7, 11) is 0. The van der Waals surface area contributed by atoms with Crippen molar-refractivity contribution in [3.8, 4) is 0 Å². The first-order valence-electron chi connectivity index (χ1n) is 11.0. The second-order valence-corrected chi connectivity index (χ2v) is 10.4. The minimum Gasteiger partial charge on any atom is -0.392 e. The molecule has 1 saturated heterocycles. The van der Waals surface area contributed by atoms with E-state index in [9.17, 15) is 14.7 Å². The van der Waals surface area contributed by atoms with Crippen molar-refractivity contribution in [1.82, 2.24) is 15.5 Å². The van der Waals surface area contributed by atoms with Gasteiger partial charge < -0.3 is 15.7 Å². The van der Waals surface area contributed by atoms with Gasteiger partial charge in [-0.15, -0.1) is 0 Å². The molecular formula is C24H39N3O3. The van der Waals surface area contributed by atoms with Crippen LogP contribution < -0.4 is 10.6 Å². The standard InChI is InChI=1S/C24H39N3O3/c1-23(2,3)25-21(29)19-11-8-7-10-17(19)13-14-18(28)16-27-15-9-12-20(27)22(30)26-24(4,5)6/h7-8,10-11,18,20,28H,9,12-16H2,1-6H3,(H,25,29)(H,26,30)/t18-,20-/m0/s1. The summed E-state index contributed by atoms with van der Waals surface area (Å²) in [5.74, 6) is -0.0533. The first-order chi connectivity index (χ1) is 13.9. The molecule has 3 N–H and O–H groups in total. The molecule has 2 amide bonds. The number of amides is 2. The van der Waals surface area contributed by atoms with E-state index in [1.807, 2.05) is 65.8 Å². The van der Waals surface area contributed by atoms with Gasteiger partial charge in [0.1, 0.15) is 0 Å². The molecule has 0 radical (unpaired) electrons. The van der Waals surface area contributed by atoms with Crippen molar-refractivity contribution < 1.29 is 14.7 Å². The molecule has 0 unspecified atom stereocenters. The summed E-state index contributed by atoms with van der Waals surface area (Å²) >= 11 is 0. The Hall–Kier alpha value is -1.92. The van der Waals surface area contributed by atoms with Gasteiger partial charge in [0.2, 0.25) is 5.91 Å². The molecule has 0 spiro atoms. The molecule has 6 heteroatoms. The number of hydrogen-bond donors (Lipinski definition) is 3. The van der Waals surface area contributed by atoms with E-state index < -0.39 is 6.10 Å². The van der Waals surface area contributed by atoms with Crippen LogP contribution in [0, 0.1) is 0 Å². The second-order valence-electron chi connectivity index (χ2n) is 10.4. The van der Waals surface area contributed by atoms with Gasteiger partial charge in [-0.25, -0.2) is 0 Å². The topological polar surface area (TPSA) is 81.7 Å². The molecule has 0 aromatic heterocycles. The molecule has 0 saturated carbocycles. The number of nitrogens with one attached hydrogen (secondary N) is 2. The molecule has 2 atom stereocenters. The number of aryl methyl sites for hydroxylation is 1. The van der Waals surface area contributed by atoms with Crippen LogP contribution in [0.1, 0.15) is 76.7 Å². The Morgan fingerprint density at radius 2 is 1.73 bits per heavy atom. The number of aliphatic hydroxyl groups excluding tert-OH is 1. The molecule has 1 aliphatic rings. The lowest BCUT2D eigenvalue weighted by Gasteiger charge is -2.29. The monoisotopic (exact) mass is 417 g/mol. The molecule has 1 aliphatic heterocycles. The second kappa shape index (κ2) is 9.92. The Morgan fingerprint density at radius 3 is 2.37 bits per heavy atom. The zero-order valence-electron chi connectivity index (χ0n) is 19.4. The maximum Gasteiger partial charge on any atom is 0.251 e. The number of nitrogens with zero attached hydrogens (tertiary/aromatic N) is 1. The van der Waals surface area contributed by atoms with Crippen LogP contribution in [0.2, 0.25) is 0 Å². The first-order valence-corrected chi connectivity index (χ1v) is 11.0. The molecule has 0 aliphatic carbocycles. The summed E-state index contributed by atoms with van der Waals surface area (Å²) in [5.41, 5.74) is 1.02. The lowest BCUT2D eigenvalue weighted by atomic mass is 9.99. The molecule has 2 rings (SSSR count). The van der Waals surface area contributed by atoms with Gasteiger partial charge in [-0.05, 0) is 85.4 Å². The highest BCUT2D eigenvalue weighted by atomic mass is 16.3. The Labute approximate surface area is 181 Å². The molecule has 1 fully saturated rings. The molecule has 1 heterocycles. The van der Waals surface area contributed by atoms with Gasteiger partial charge >= 0.3 is 0 Å². The predicted molar refractivity (Wildman–Crippen MR) is 120 cm³/mol. The van der Waals surface area contributed by atoms with E-state index in [1.165, 1.54) is 0 Å². The molecule has 168 valence electrons. The predicted octanol–water partition coefficient (Wildman–Crippen LogP) is 2.89. The summed E-state index contributed by atoms with van der Waals surface area (Å²) in [5, 5.41) is 16.7. The summed E-state index contributed by atoms with van der Waals surface area (Å²) in [6, 6.07) is 7.38. The normalized spacial score (nSPS) is 18.8. The minimum absolute atomic E-state index is 0.0383. The third-order valence-electron chi connectivity index (χ3n) is 5.11. The number of hydrogen-bond acceptors (Lipinski definition) is 4. The Balaban J connectivity index is 1.94. The maximum atomic E-state index is 12.6. The number of rotatable bonds is 7. The van der Waals surface area contributed by atoms with Crippen molar-refractivity contribution in [3.05, 3.63) is 35.4 Å². The smallest absolute Gasteiger partial charge is 0.251 e. The number of carbonyl (C=O) groups excluding carboxylic acids is 2. The third-order valence-corrected chi connectivity index (χ3v) is 5.11. The number of aliphatic hydroxyl groups is 1. The fourth-order valence-corrected chi connectivity index (χ4v) is 3.85. The highest BCUT2D eigenvalue weighted by Gasteiger charge is 2.33. The zero-order chi connectivity index (χ0) is 22.5. The van der Waals surface area contributed by atoms with Crippen LogP contribution in [-0.4, -0.2) is 58.1 Å². The van der Waals surface area contributed by atoms with Crippen molar-refractivity contribution in [3.63, 3.8) is 0 Å². The number of β-amino-alcohol motifs (C(OH)–C–C–N with tert-alkyl or cyclic N) is 1. The fraction of sp³-hybridized carbons (Fsp3) is 0.667. The van der Waals surface area contributed by atoms with Crippen LogP contribution in [0.5, 0.6) is 0 Å². The quantitative estimate of drug-likeness (QED) is 0.637. The first kappa shape index (κ1) is 24.4. The number of likely N-dealkylation sites (tertiary alicyclic amines) is 1. The molecule has 6 nitrogen and oxygen atoms in total. The van der Waals surface area contributed by atoms with Gasteiger partial charge in [0.15, 0.2) is 0 Å². The largest absolute Gasteiger partial charge is 0.392 e. The summed E-state index contributed by atoms with van der Waals surface area (Å²) < 4.78 is 0. The SMILES string of the molecule is CC(C)(C)NC(=O)c1ccccc1CC[C@H](O)CN1CCC[C@H]1C(=O)NC(C)(C)C. The van der Waals surface area contributed by atoms with Crippen molar-refractivity contribution in [2.24, 2.45) is 0 Å². The van der Waals surface area contributed by atoms with E-state index in [2.05, 4.69) is 15.5 Å². The lowest BCUT2D eigenvalue weighted by Crippen LogP contribution is -2.51. The molecule has 1 aromatic rings. The average Bonchev–Trinajstić information content (AvgIpc) is 3.05. The number of benzene rings is 1. The number of carbonyl (C=O) groups is 2. The van der Waals surface area contributed by atoms with E-state index in [0.717, 1.165) is 24.9 Å². The van der Waals surface area contributed by atoms with Crippen LogP contribution in [0.3, 0.4) is 0 Å². The van der Waals surface area contributed by atoms with Gasteiger partial charge in [-0.3, -0.25) is 14.5 Å². The minimum atomic E-state index is -0.549. The van der Waals surface area contributed by atoms with Crippen LogP contribution in [0.15, 0.2) is 24.3 Å². The fourth-order valence-electron chi connectivity index (χ4n) is 3.85. The maximum absolute atomic E-state index is 12.6. The van der Waals surface area contributed by atoms with Gasteiger partial charge in [0, 0.05) is 23.2 Å². The van der Waals surface area contributed by atoms with Gasteiger partial charge in [-0.2, -0.15) is 0 Å². The Kier molecular flexibility index (Phi) is 8.06.